The van der Waals surface area contributed by atoms with E-state index < -0.39 is 0 Å². The molecular formula is C17H19F2N. The minimum atomic E-state index is -0.240. The lowest BCUT2D eigenvalue weighted by molar-refractivity contribution is 0.608. The fourth-order valence-corrected chi connectivity index (χ4v) is 2.42. The van der Waals surface area contributed by atoms with Crippen LogP contribution in [0, 0.1) is 18.6 Å². The van der Waals surface area contributed by atoms with Gasteiger partial charge in [-0.05, 0) is 61.8 Å². The second-order valence-corrected chi connectivity index (χ2v) is 5.01. The van der Waals surface area contributed by atoms with Gasteiger partial charge in [0.25, 0.3) is 0 Å². The van der Waals surface area contributed by atoms with E-state index >= 15 is 0 Å². The highest BCUT2D eigenvalue weighted by atomic mass is 19.1. The number of hydrogen-bond acceptors (Lipinski definition) is 1. The molecule has 2 aromatic rings. The molecule has 2 aromatic carbocycles. The molecule has 0 aliphatic carbocycles. The van der Waals surface area contributed by atoms with E-state index in [-0.39, 0.29) is 17.6 Å². The van der Waals surface area contributed by atoms with Crippen LogP contribution in [0.2, 0.25) is 0 Å². The average Bonchev–Trinajstić information content (AvgIpc) is 2.43. The Hall–Kier alpha value is -1.74. The zero-order valence-electron chi connectivity index (χ0n) is 11.8. The van der Waals surface area contributed by atoms with Crippen LogP contribution in [0.15, 0.2) is 42.5 Å². The molecule has 0 fully saturated rings. The molecule has 0 spiro atoms. The summed E-state index contributed by atoms with van der Waals surface area (Å²) in [5.74, 6) is -0.381. The average molecular weight is 275 g/mol. The number of halogens is 2. The summed E-state index contributed by atoms with van der Waals surface area (Å²) in [5, 5.41) is 3.11. The standard InChI is InChI=1S/C17H19F2N/c1-12-10-14(6-7-17(12)19)16(8-9-20-2)13-4-3-5-15(18)11-13/h3-7,10-11,16,20H,8-9H2,1-2H3. The molecule has 0 aromatic heterocycles. The summed E-state index contributed by atoms with van der Waals surface area (Å²) in [6.45, 7) is 2.57. The van der Waals surface area contributed by atoms with Gasteiger partial charge in [-0.25, -0.2) is 8.78 Å². The molecule has 0 radical (unpaired) electrons. The monoisotopic (exact) mass is 275 g/mol. The molecule has 0 saturated heterocycles. The zero-order valence-corrected chi connectivity index (χ0v) is 11.8. The van der Waals surface area contributed by atoms with Crippen LogP contribution >= 0.6 is 0 Å². The minimum absolute atomic E-state index is 0.0671. The molecule has 0 aliphatic heterocycles. The van der Waals surface area contributed by atoms with Crippen molar-refractivity contribution in [2.75, 3.05) is 13.6 Å². The van der Waals surface area contributed by atoms with Crippen molar-refractivity contribution < 1.29 is 8.78 Å². The fraction of sp³-hybridized carbons (Fsp3) is 0.294. The van der Waals surface area contributed by atoms with Crippen molar-refractivity contribution in [2.45, 2.75) is 19.3 Å². The van der Waals surface area contributed by atoms with Crippen molar-refractivity contribution >= 4 is 0 Å². The van der Waals surface area contributed by atoms with Gasteiger partial charge in [0.05, 0.1) is 0 Å². The lowest BCUT2D eigenvalue weighted by Gasteiger charge is -2.19. The summed E-state index contributed by atoms with van der Waals surface area (Å²) in [6.07, 6.45) is 0.838. The Morgan fingerprint density at radius 2 is 1.80 bits per heavy atom. The first-order valence-corrected chi connectivity index (χ1v) is 6.78. The van der Waals surface area contributed by atoms with Crippen molar-refractivity contribution in [1.82, 2.24) is 5.32 Å². The predicted molar refractivity (Wildman–Crippen MR) is 77.9 cm³/mol. The van der Waals surface area contributed by atoms with E-state index in [1.54, 1.807) is 25.1 Å². The van der Waals surface area contributed by atoms with Gasteiger partial charge in [0.15, 0.2) is 0 Å². The second-order valence-electron chi connectivity index (χ2n) is 5.01. The van der Waals surface area contributed by atoms with Gasteiger partial charge in [-0.15, -0.1) is 0 Å². The molecule has 1 N–H and O–H groups in total. The quantitative estimate of drug-likeness (QED) is 0.869. The van der Waals surface area contributed by atoms with E-state index in [1.807, 2.05) is 19.2 Å². The second kappa shape index (κ2) is 6.62. The summed E-state index contributed by atoms with van der Waals surface area (Å²) in [7, 11) is 1.89. The maximum atomic E-state index is 13.4. The van der Waals surface area contributed by atoms with Crippen molar-refractivity contribution in [1.29, 1.82) is 0 Å². The van der Waals surface area contributed by atoms with Crippen LogP contribution in [-0.4, -0.2) is 13.6 Å². The molecule has 0 saturated carbocycles. The topological polar surface area (TPSA) is 12.0 Å². The van der Waals surface area contributed by atoms with E-state index in [0.29, 0.717) is 5.56 Å². The first-order valence-electron chi connectivity index (χ1n) is 6.78. The van der Waals surface area contributed by atoms with Gasteiger partial charge in [0.1, 0.15) is 11.6 Å². The third-order valence-corrected chi connectivity index (χ3v) is 3.52. The molecule has 1 nitrogen and oxygen atoms in total. The first-order chi connectivity index (χ1) is 9.61. The molecule has 1 unspecified atom stereocenters. The summed E-state index contributed by atoms with van der Waals surface area (Å²) in [5.41, 5.74) is 2.56. The number of nitrogens with one attached hydrogen (secondary N) is 1. The molecule has 106 valence electrons. The number of aryl methyl sites for hydroxylation is 1. The lowest BCUT2D eigenvalue weighted by atomic mass is 9.87. The molecule has 0 amide bonds. The van der Waals surface area contributed by atoms with E-state index in [4.69, 9.17) is 0 Å². The Labute approximate surface area is 118 Å². The van der Waals surface area contributed by atoms with Gasteiger partial charge in [0.2, 0.25) is 0 Å². The van der Waals surface area contributed by atoms with Crippen LogP contribution in [0.25, 0.3) is 0 Å². The fourth-order valence-electron chi connectivity index (χ4n) is 2.42. The van der Waals surface area contributed by atoms with Crippen molar-refractivity contribution in [2.24, 2.45) is 0 Å². The van der Waals surface area contributed by atoms with Gasteiger partial charge >= 0.3 is 0 Å². The van der Waals surface area contributed by atoms with E-state index in [0.717, 1.165) is 24.1 Å². The Balaban J connectivity index is 2.38. The number of rotatable bonds is 5. The Morgan fingerprint density at radius 3 is 2.45 bits per heavy atom. The van der Waals surface area contributed by atoms with E-state index in [2.05, 4.69) is 5.32 Å². The van der Waals surface area contributed by atoms with Gasteiger partial charge in [0, 0.05) is 5.92 Å². The third kappa shape index (κ3) is 3.42. The molecule has 2 rings (SSSR count). The predicted octanol–water partition coefficient (Wildman–Crippen LogP) is 4.01. The van der Waals surface area contributed by atoms with Crippen LogP contribution in [0.5, 0.6) is 0 Å². The third-order valence-electron chi connectivity index (χ3n) is 3.52. The molecule has 1 atom stereocenters. The number of benzene rings is 2. The van der Waals surface area contributed by atoms with Crippen molar-refractivity contribution in [3.63, 3.8) is 0 Å². The maximum Gasteiger partial charge on any atom is 0.126 e. The van der Waals surface area contributed by atoms with Gasteiger partial charge < -0.3 is 5.32 Å². The number of hydrogen-bond donors (Lipinski definition) is 1. The molecule has 0 aliphatic rings. The first kappa shape index (κ1) is 14.7. The lowest BCUT2D eigenvalue weighted by Crippen LogP contribution is -2.13. The molecule has 0 bridgehead atoms. The summed E-state index contributed by atoms with van der Waals surface area (Å²) >= 11 is 0. The highest BCUT2D eigenvalue weighted by Gasteiger charge is 2.15. The highest BCUT2D eigenvalue weighted by Crippen LogP contribution is 2.29. The zero-order chi connectivity index (χ0) is 14.5. The summed E-state index contributed by atoms with van der Waals surface area (Å²) < 4.78 is 26.8. The molecule has 0 heterocycles. The SMILES string of the molecule is CNCCC(c1cccc(F)c1)c1ccc(F)c(C)c1. The van der Waals surface area contributed by atoms with Crippen molar-refractivity contribution in [3.8, 4) is 0 Å². The van der Waals surface area contributed by atoms with E-state index in [9.17, 15) is 8.78 Å². The van der Waals surface area contributed by atoms with Crippen LogP contribution < -0.4 is 5.32 Å². The van der Waals surface area contributed by atoms with Crippen molar-refractivity contribution in [3.05, 3.63) is 70.8 Å². The largest absolute Gasteiger partial charge is 0.320 e. The molecule has 20 heavy (non-hydrogen) atoms. The van der Waals surface area contributed by atoms with Crippen LogP contribution in [0.4, 0.5) is 8.78 Å². The summed E-state index contributed by atoms with van der Waals surface area (Å²) in [4.78, 5) is 0. The van der Waals surface area contributed by atoms with Crippen LogP contribution in [0.3, 0.4) is 0 Å². The van der Waals surface area contributed by atoms with Crippen LogP contribution in [0.1, 0.15) is 29.0 Å². The summed E-state index contributed by atoms with van der Waals surface area (Å²) in [6, 6.07) is 11.7. The van der Waals surface area contributed by atoms with Gasteiger partial charge in [-0.1, -0.05) is 24.3 Å². The molecular weight excluding hydrogens is 256 g/mol. The smallest absolute Gasteiger partial charge is 0.126 e. The maximum absolute atomic E-state index is 13.4. The Morgan fingerprint density at radius 1 is 1.05 bits per heavy atom. The van der Waals surface area contributed by atoms with Gasteiger partial charge in [-0.3, -0.25) is 0 Å². The van der Waals surface area contributed by atoms with Gasteiger partial charge in [-0.2, -0.15) is 0 Å². The van der Waals surface area contributed by atoms with Crippen LogP contribution in [-0.2, 0) is 0 Å². The highest BCUT2D eigenvalue weighted by molar-refractivity contribution is 5.35. The minimum Gasteiger partial charge on any atom is -0.320 e. The van der Waals surface area contributed by atoms with E-state index in [1.165, 1.54) is 12.1 Å². The molecule has 3 heteroatoms. The Kier molecular flexibility index (Phi) is 4.85. The Bertz CT molecular complexity index is 581. The normalized spacial score (nSPS) is 12.4.